The summed E-state index contributed by atoms with van der Waals surface area (Å²) in [7, 11) is -2.74. The second-order valence-corrected chi connectivity index (χ2v) is 15.8. The smallest absolute Gasteiger partial charge is 0.493 e. The molecule has 16 heteroatoms. The Kier molecular flexibility index (Phi) is 12.1. The lowest BCUT2D eigenvalue weighted by Crippen LogP contribution is -2.55. The van der Waals surface area contributed by atoms with Gasteiger partial charge in [-0.3, -0.25) is 18.6 Å². The van der Waals surface area contributed by atoms with Crippen LogP contribution >= 0.6 is 19.4 Å². The van der Waals surface area contributed by atoms with Gasteiger partial charge in [0.25, 0.3) is 5.91 Å². The van der Waals surface area contributed by atoms with Gasteiger partial charge < -0.3 is 34.0 Å². The van der Waals surface area contributed by atoms with E-state index in [0.717, 1.165) is 27.0 Å². The van der Waals surface area contributed by atoms with Crippen LogP contribution in [0.15, 0.2) is 92.0 Å². The van der Waals surface area contributed by atoms with Crippen molar-refractivity contribution in [2.45, 2.75) is 44.0 Å². The summed E-state index contributed by atoms with van der Waals surface area (Å²) in [6.45, 7) is 7.55. The van der Waals surface area contributed by atoms with Crippen molar-refractivity contribution in [2.24, 2.45) is 0 Å². The Morgan fingerprint density at radius 1 is 0.948 bits per heavy atom. The molecule has 3 amide bonds. The van der Waals surface area contributed by atoms with Gasteiger partial charge >= 0.3 is 13.9 Å². The number of ether oxygens (including phenoxy) is 2. The number of carboxylic acid groups (broad SMARTS) is 1. The zero-order chi connectivity index (χ0) is 41.1. The number of nitrogens with zero attached hydrogens (tertiary/aromatic N) is 3. The fraction of sp³-hybridized carbons (Fsp3) is 0.310. The zero-order valence-electron chi connectivity index (χ0n) is 31.8. The highest BCUT2D eigenvalue weighted by Gasteiger charge is 2.45. The number of hydrogen-bond acceptors (Lipinski definition) is 10. The first-order valence-corrected chi connectivity index (χ1v) is 20.7. The summed E-state index contributed by atoms with van der Waals surface area (Å²) in [4.78, 5) is 44.5. The van der Waals surface area contributed by atoms with Gasteiger partial charge in [0.1, 0.15) is 5.75 Å². The minimum absolute atomic E-state index is 0.0185. The van der Waals surface area contributed by atoms with Gasteiger partial charge in [0, 0.05) is 48.8 Å². The van der Waals surface area contributed by atoms with E-state index >= 15 is 0 Å². The minimum atomic E-state index is -4.14. The molecule has 0 fully saturated rings. The molecule has 304 valence electrons. The van der Waals surface area contributed by atoms with Crippen LogP contribution in [0.1, 0.15) is 45.8 Å². The summed E-state index contributed by atoms with van der Waals surface area (Å²) in [6, 6.07) is 18.5. The molecule has 0 saturated heterocycles. The third kappa shape index (κ3) is 7.78. The summed E-state index contributed by atoms with van der Waals surface area (Å²) in [5, 5.41) is 23.2. The maximum atomic E-state index is 14.0. The zero-order valence-corrected chi connectivity index (χ0v) is 33.4. The Bertz CT molecular complexity index is 2310. The molecule has 0 spiro atoms. The number of benzene rings is 4. The maximum absolute atomic E-state index is 14.0. The fourth-order valence-corrected chi connectivity index (χ4v) is 9.20. The average molecular weight is 832 g/mol. The van der Waals surface area contributed by atoms with E-state index in [0.29, 0.717) is 17.6 Å². The molecule has 4 aromatic carbocycles. The predicted octanol–water partition coefficient (Wildman–Crippen LogP) is 7.65. The summed E-state index contributed by atoms with van der Waals surface area (Å²) in [5.41, 5.74) is 3.23. The number of aliphatic hydroxyl groups is 1. The van der Waals surface area contributed by atoms with E-state index in [2.05, 4.69) is 13.2 Å². The first-order valence-electron chi connectivity index (χ1n) is 18.7. The summed E-state index contributed by atoms with van der Waals surface area (Å²) in [6.07, 6.45) is 0.389. The van der Waals surface area contributed by atoms with E-state index in [-0.39, 0.29) is 91.8 Å². The first-order chi connectivity index (χ1) is 28.0. The van der Waals surface area contributed by atoms with E-state index in [9.17, 15) is 29.2 Å². The second kappa shape index (κ2) is 17.2. The van der Waals surface area contributed by atoms with E-state index in [1.807, 2.05) is 48.5 Å². The van der Waals surface area contributed by atoms with Gasteiger partial charge in [-0.25, -0.2) is 14.3 Å². The van der Waals surface area contributed by atoms with Crippen LogP contribution in [0.2, 0.25) is 0 Å². The minimum Gasteiger partial charge on any atom is -0.493 e. The first kappa shape index (κ1) is 40.8. The van der Waals surface area contributed by atoms with Crippen molar-refractivity contribution in [2.75, 3.05) is 49.2 Å². The van der Waals surface area contributed by atoms with Gasteiger partial charge in [-0.2, -0.15) is 0 Å². The molecule has 0 saturated carbocycles. The predicted molar refractivity (Wildman–Crippen MR) is 218 cm³/mol. The quantitative estimate of drug-likeness (QED) is 0.0523. The lowest BCUT2D eigenvalue weighted by molar-refractivity contribution is -0.118. The molecule has 2 N–H and O–H groups in total. The fourth-order valence-electron chi connectivity index (χ4n) is 7.80. The molecule has 14 nitrogen and oxygen atoms in total. The Balaban J connectivity index is 1.11. The van der Waals surface area contributed by atoms with Gasteiger partial charge in [0.2, 0.25) is 5.91 Å². The van der Waals surface area contributed by atoms with Gasteiger partial charge in [0.15, 0.2) is 17.7 Å². The molecule has 0 aromatic heterocycles. The molecule has 3 atom stereocenters. The molecule has 3 aliphatic rings. The van der Waals surface area contributed by atoms with Crippen LogP contribution in [0.25, 0.3) is 10.8 Å². The average Bonchev–Trinajstić information content (AvgIpc) is 3.58. The SMILES string of the molecule is C=CCOP(=O)(OCC=C)Oc1cc2c(c3ccccc13)[C@H](CCl)CN2C(=O)CCCOc1cc2c(cc1OC)C(=O)N1Cc3ccccc3C[C@H]1C(O)N2C(=O)O. The Morgan fingerprint density at radius 3 is 2.29 bits per heavy atom. The third-order valence-electron chi connectivity index (χ3n) is 10.5. The van der Waals surface area contributed by atoms with Crippen LogP contribution < -0.4 is 23.8 Å². The number of phosphoric acid groups is 1. The molecule has 1 unspecified atom stereocenters. The number of hydrogen-bond donors (Lipinski definition) is 2. The maximum Gasteiger partial charge on any atom is 0.530 e. The van der Waals surface area contributed by atoms with E-state index in [1.165, 1.54) is 36.3 Å². The van der Waals surface area contributed by atoms with Crippen molar-refractivity contribution < 1.29 is 52.2 Å². The normalized spacial score (nSPS) is 18.4. The highest BCUT2D eigenvalue weighted by molar-refractivity contribution is 7.49. The van der Waals surface area contributed by atoms with Crippen molar-refractivity contribution in [3.8, 4) is 17.2 Å². The van der Waals surface area contributed by atoms with E-state index in [4.69, 9.17) is 34.6 Å². The standard InChI is InChI=1S/C42H43ClN3O11P/c1-4-16-55-58(52,56-17-5-2)57-35-22-33-39(30-14-9-8-13-29(30)35)28(23-43)25-44(33)38(47)15-10-18-54-37-21-32-31(20-36(37)53-3)40(48)45-24-27-12-7-6-11-26(27)19-34(45)41(49)46(32)42(50)51/h4-9,11-14,20-22,28,34,41,49H,1-2,10,15-19,23-25H2,3H3,(H,50,51)/t28-,34+,41?/m1/s1. The molecular formula is C42H43ClN3O11P. The number of rotatable bonds is 15. The van der Waals surface area contributed by atoms with Crippen LogP contribution in [-0.4, -0.2) is 84.6 Å². The molecular weight excluding hydrogens is 789 g/mol. The number of carbonyl (C=O) groups is 3. The topological polar surface area (TPSA) is 165 Å². The van der Waals surface area contributed by atoms with Gasteiger partial charge in [-0.1, -0.05) is 60.7 Å². The molecule has 3 heterocycles. The number of phosphoric ester groups is 1. The highest BCUT2D eigenvalue weighted by Crippen LogP contribution is 2.54. The number of anilines is 2. The van der Waals surface area contributed by atoms with Gasteiger partial charge in [0.05, 0.1) is 49.9 Å². The van der Waals surface area contributed by atoms with E-state index < -0.39 is 32.1 Å². The molecule has 0 aliphatic carbocycles. The molecule has 0 bridgehead atoms. The van der Waals surface area contributed by atoms with Crippen LogP contribution in [0.3, 0.4) is 0 Å². The van der Waals surface area contributed by atoms with Crippen LogP contribution in [-0.2, 0) is 31.4 Å². The third-order valence-corrected chi connectivity index (χ3v) is 12.2. The number of halogens is 1. The van der Waals surface area contributed by atoms with Crippen molar-refractivity contribution in [1.29, 1.82) is 0 Å². The van der Waals surface area contributed by atoms with Crippen LogP contribution in [0, 0.1) is 0 Å². The highest BCUT2D eigenvalue weighted by atomic mass is 35.5. The lowest BCUT2D eigenvalue weighted by atomic mass is 9.93. The number of methoxy groups -OCH3 is 1. The second-order valence-electron chi connectivity index (χ2n) is 13.9. The summed E-state index contributed by atoms with van der Waals surface area (Å²) < 4.78 is 42.2. The molecule has 0 radical (unpaired) electrons. The molecule has 3 aliphatic heterocycles. The van der Waals surface area contributed by atoms with Gasteiger partial charge in [-0.15, -0.1) is 24.8 Å². The monoisotopic (exact) mass is 831 g/mol. The number of aliphatic hydroxyl groups excluding tert-OH is 1. The van der Waals surface area contributed by atoms with Crippen molar-refractivity contribution >= 4 is 59.5 Å². The van der Waals surface area contributed by atoms with Crippen molar-refractivity contribution in [3.63, 3.8) is 0 Å². The largest absolute Gasteiger partial charge is 0.530 e. The molecule has 4 aromatic rings. The Hall–Kier alpha value is -5.37. The molecule has 7 rings (SSSR count). The number of fused-ring (bicyclic) bond motifs is 6. The van der Waals surface area contributed by atoms with Crippen molar-refractivity contribution in [1.82, 2.24) is 4.90 Å². The van der Waals surface area contributed by atoms with Crippen LogP contribution in [0.4, 0.5) is 16.2 Å². The van der Waals surface area contributed by atoms with Crippen molar-refractivity contribution in [3.05, 3.63) is 114 Å². The summed E-state index contributed by atoms with van der Waals surface area (Å²) in [5.74, 6) is -0.147. The lowest BCUT2D eigenvalue weighted by Gasteiger charge is -2.39. The molecule has 58 heavy (non-hydrogen) atoms. The van der Waals surface area contributed by atoms with E-state index in [1.54, 1.807) is 11.0 Å². The Labute approximate surface area is 340 Å². The summed E-state index contributed by atoms with van der Waals surface area (Å²) >= 11 is 6.47. The number of alkyl halides is 1. The Morgan fingerprint density at radius 2 is 1.62 bits per heavy atom. The van der Waals surface area contributed by atoms with Crippen LogP contribution in [0.5, 0.6) is 17.2 Å². The number of amides is 3. The van der Waals surface area contributed by atoms with Gasteiger partial charge in [-0.05, 0) is 41.0 Å². The number of carbonyl (C=O) groups excluding carboxylic acids is 2.